The van der Waals surface area contributed by atoms with Gasteiger partial charge in [0.15, 0.2) is 0 Å². The fourth-order valence-electron chi connectivity index (χ4n) is 1.57. The smallest absolute Gasteiger partial charge is 0.315 e. The minimum absolute atomic E-state index is 0.186. The molecule has 0 bridgehead atoms. The lowest BCUT2D eigenvalue weighted by Gasteiger charge is -2.12. The number of hydrogen-bond donors (Lipinski definition) is 1. The number of urea groups is 1. The number of imide groups is 1. The van der Waals surface area contributed by atoms with E-state index in [1.165, 1.54) is 10.5 Å². The number of carbonyl (C=O) groups is 2. The van der Waals surface area contributed by atoms with Gasteiger partial charge < -0.3 is 4.90 Å². The Morgan fingerprint density at radius 1 is 1.20 bits per heavy atom. The Hall–Kier alpha value is -1.84. The van der Waals surface area contributed by atoms with E-state index in [1.54, 1.807) is 0 Å². The minimum atomic E-state index is -0.282. The first-order chi connectivity index (χ1) is 7.25. The zero-order valence-corrected chi connectivity index (χ0v) is 8.27. The highest BCUT2D eigenvalue weighted by atomic mass is 16.2. The molecule has 3 amide bonds. The van der Waals surface area contributed by atoms with Gasteiger partial charge in [0.2, 0.25) is 5.91 Å². The summed E-state index contributed by atoms with van der Waals surface area (Å²) in [5.41, 5.74) is 1.17. The summed E-state index contributed by atoms with van der Waals surface area (Å²) < 4.78 is 0. The average molecular weight is 204 g/mol. The molecule has 1 fully saturated rings. The SMILES string of the molecule is O=C1CN(CCc2ccccc2)C(=O)N1. The van der Waals surface area contributed by atoms with Gasteiger partial charge in [0.1, 0.15) is 6.54 Å². The second kappa shape index (κ2) is 4.13. The maximum atomic E-state index is 11.2. The van der Waals surface area contributed by atoms with Crippen molar-refractivity contribution in [2.24, 2.45) is 0 Å². The van der Waals surface area contributed by atoms with Crippen molar-refractivity contribution in [1.82, 2.24) is 10.2 Å². The number of hydrogen-bond acceptors (Lipinski definition) is 2. The molecule has 0 aromatic heterocycles. The Labute approximate surface area is 87.9 Å². The summed E-state index contributed by atoms with van der Waals surface area (Å²) in [5.74, 6) is -0.215. The lowest BCUT2D eigenvalue weighted by molar-refractivity contribution is -0.118. The van der Waals surface area contributed by atoms with E-state index in [1.807, 2.05) is 30.3 Å². The zero-order valence-electron chi connectivity index (χ0n) is 8.27. The lowest BCUT2D eigenvalue weighted by Crippen LogP contribution is -2.30. The Bertz CT molecular complexity index is 375. The molecule has 1 aromatic rings. The number of carbonyl (C=O) groups excluding carboxylic acids is 2. The fraction of sp³-hybridized carbons (Fsp3) is 0.273. The first kappa shape index (κ1) is 9.71. The predicted molar refractivity (Wildman–Crippen MR) is 55.3 cm³/mol. The van der Waals surface area contributed by atoms with Crippen LogP contribution in [0, 0.1) is 0 Å². The van der Waals surface area contributed by atoms with Crippen LogP contribution in [0.3, 0.4) is 0 Å². The monoisotopic (exact) mass is 204 g/mol. The van der Waals surface area contributed by atoms with Crippen molar-refractivity contribution >= 4 is 11.9 Å². The van der Waals surface area contributed by atoms with Crippen LogP contribution in [-0.2, 0) is 11.2 Å². The van der Waals surface area contributed by atoms with Gasteiger partial charge in [-0.15, -0.1) is 0 Å². The van der Waals surface area contributed by atoms with Crippen molar-refractivity contribution in [1.29, 1.82) is 0 Å². The molecule has 4 heteroatoms. The van der Waals surface area contributed by atoms with E-state index in [0.717, 1.165) is 6.42 Å². The summed E-state index contributed by atoms with van der Waals surface area (Å²) in [6.07, 6.45) is 0.779. The normalized spacial score (nSPS) is 15.6. The van der Waals surface area contributed by atoms with E-state index >= 15 is 0 Å². The molecule has 0 spiro atoms. The molecule has 1 N–H and O–H groups in total. The largest absolute Gasteiger partial charge is 0.324 e. The quantitative estimate of drug-likeness (QED) is 0.740. The van der Waals surface area contributed by atoms with Crippen molar-refractivity contribution < 1.29 is 9.59 Å². The van der Waals surface area contributed by atoms with Crippen LogP contribution in [0.2, 0.25) is 0 Å². The summed E-state index contributed by atoms with van der Waals surface area (Å²) in [4.78, 5) is 23.6. The highest BCUT2D eigenvalue weighted by Gasteiger charge is 2.25. The molecule has 0 unspecified atom stereocenters. The van der Waals surface area contributed by atoms with Crippen molar-refractivity contribution in [3.8, 4) is 0 Å². The van der Waals surface area contributed by atoms with Crippen LogP contribution in [0.5, 0.6) is 0 Å². The third-order valence-electron chi connectivity index (χ3n) is 2.38. The van der Waals surface area contributed by atoms with Crippen LogP contribution >= 0.6 is 0 Å². The van der Waals surface area contributed by atoms with E-state index in [-0.39, 0.29) is 18.5 Å². The standard InChI is InChI=1S/C11H12N2O2/c14-10-8-13(11(15)12-10)7-6-9-4-2-1-3-5-9/h1-5H,6-8H2,(H,12,14,15). The van der Waals surface area contributed by atoms with Gasteiger partial charge in [0, 0.05) is 6.54 Å². The molecule has 1 aromatic carbocycles. The zero-order chi connectivity index (χ0) is 10.7. The second-order valence-electron chi connectivity index (χ2n) is 3.51. The van der Waals surface area contributed by atoms with Gasteiger partial charge in [0.05, 0.1) is 0 Å². The molecule has 78 valence electrons. The topological polar surface area (TPSA) is 49.4 Å². The summed E-state index contributed by atoms with van der Waals surface area (Å²) in [5, 5.41) is 2.25. The Kier molecular flexibility index (Phi) is 2.67. The summed E-state index contributed by atoms with van der Waals surface area (Å²) in [6.45, 7) is 0.771. The highest BCUT2D eigenvalue weighted by molar-refractivity contribution is 6.01. The first-order valence-corrected chi connectivity index (χ1v) is 4.88. The van der Waals surface area contributed by atoms with Gasteiger partial charge in [-0.3, -0.25) is 10.1 Å². The fourth-order valence-corrected chi connectivity index (χ4v) is 1.57. The Morgan fingerprint density at radius 3 is 2.53 bits per heavy atom. The van der Waals surface area contributed by atoms with Crippen LogP contribution in [0.15, 0.2) is 30.3 Å². The molecule has 2 rings (SSSR count). The van der Waals surface area contributed by atoms with Gasteiger partial charge in [-0.25, -0.2) is 4.79 Å². The van der Waals surface area contributed by atoms with Crippen molar-refractivity contribution in [3.63, 3.8) is 0 Å². The van der Waals surface area contributed by atoms with Crippen LogP contribution in [-0.4, -0.2) is 29.9 Å². The Morgan fingerprint density at radius 2 is 1.93 bits per heavy atom. The van der Waals surface area contributed by atoms with E-state index in [0.29, 0.717) is 6.54 Å². The summed E-state index contributed by atoms with van der Waals surface area (Å²) in [6, 6.07) is 9.62. The van der Waals surface area contributed by atoms with Gasteiger partial charge in [-0.1, -0.05) is 30.3 Å². The molecule has 0 saturated carbocycles. The maximum absolute atomic E-state index is 11.2. The van der Waals surface area contributed by atoms with Gasteiger partial charge in [-0.2, -0.15) is 0 Å². The molecule has 1 heterocycles. The third kappa shape index (κ3) is 2.34. The van der Waals surface area contributed by atoms with Crippen LogP contribution < -0.4 is 5.32 Å². The van der Waals surface area contributed by atoms with Gasteiger partial charge in [0.25, 0.3) is 0 Å². The molecule has 0 radical (unpaired) electrons. The molecule has 1 aliphatic heterocycles. The Balaban J connectivity index is 1.89. The van der Waals surface area contributed by atoms with E-state index in [4.69, 9.17) is 0 Å². The number of benzene rings is 1. The van der Waals surface area contributed by atoms with Gasteiger partial charge >= 0.3 is 6.03 Å². The average Bonchev–Trinajstić information content (AvgIpc) is 2.56. The van der Waals surface area contributed by atoms with E-state index < -0.39 is 0 Å². The third-order valence-corrected chi connectivity index (χ3v) is 2.38. The first-order valence-electron chi connectivity index (χ1n) is 4.88. The molecule has 4 nitrogen and oxygen atoms in total. The molecular weight excluding hydrogens is 192 g/mol. The number of rotatable bonds is 3. The summed E-state index contributed by atoms with van der Waals surface area (Å²) in [7, 11) is 0. The molecule has 1 saturated heterocycles. The molecule has 0 aliphatic carbocycles. The molecule has 1 aliphatic rings. The van der Waals surface area contributed by atoms with Crippen molar-refractivity contribution in [2.45, 2.75) is 6.42 Å². The summed E-state index contributed by atoms with van der Waals surface area (Å²) >= 11 is 0. The molecule has 15 heavy (non-hydrogen) atoms. The van der Waals surface area contributed by atoms with E-state index in [9.17, 15) is 9.59 Å². The highest BCUT2D eigenvalue weighted by Crippen LogP contribution is 2.04. The number of nitrogens with one attached hydrogen (secondary N) is 1. The number of amides is 3. The molecular formula is C11H12N2O2. The van der Waals surface area contributed by atoms with Crippen molar-refractivity contribution in [2.75, 3.05) is 13.1 Å². The maximum Gasteiger partial charge on any atom is 0.324 e. The second-order valence-corrected chi connectivity index (χ2v) is 3.51. The van der Waals surface area contributed by atoms with Gasteiger partial charge in [-0.05, 0) is 12.0 Å². The van der Waals surface area contributed by atoms with Crippen molar-refractivity contribution in [3.05, 3.63) is 35.9 Å². The van der Waals surface area contributed by atoms with Crippen LogP contribution in [0.1, 0.15) is 5.56 Å². The lowest BCUT2D eigenvalue weighted by atomic mass is 10.1. The van der Waals surface area contributed by atoms with Crippen LogP contribution in [0.4, 0.5) is 4.79 Å². The van der Waals surface area contributed by atoms with Crippen LogP contribution in [0.25, 0.3) is 0 Å². The molecule has 0 atom stereocenters. The predicted octanol–water partition coefficient (Wildman–Crippen LogP) is 0.781. The minimum Gasteiger partial charge on any atom is -0.315 e. The number of nitrogens with zero attached hydrogens (tertiary/aromatic N) is 1. The van der Waals surface area contributed by atoms with E-state index in [2.05, 4.69) is 5.32 Å².